The maximum atomic E-state index is 12.8. The topological polar surface area (TPSA) is 63.5 Å². The summed E-state index contributed by atoms with van der Waals surface area (Å²) in [5, 5.41) is 3.69. The number of aryl methyl sites for hydroxylation is 1. The standard InChI is InChI=1S/C21H25N3O2S/c1-12-8-14(11-21(3,4)10-12)22-18(25)16-9-15-19(27-16)23-17-13(2)6-5-7-24(17)20(15)26/h5-7,9,12,14H,8,10-11H2,1-4H3,(H,22,25)/t12-,14+/m0/s1. The zero-order chi connectivity index (χ0) is 19.3. The molecule has 3 aromatic heterocycles. The average molecular weight is 384 g/mol. The van der Waals surface area contributed by atoms with Crippen molar-refractivity contribution >= 4 is 33.1 Å². The highest BCUT2D eigenvalue weighted by atomic mass is 32.1. The van der Waals surface area contributed by atoms with Gasteiger partial charge in [0.25, 0.3) is 11.5 Å². The number of carbonyl (C=O) groups is 1. The highest BCUT2D eigenvalue weighted by molar-refractivity contribution is 7.20. The molecule has 2 atom stereocenters. The summed E-state index contributed by atoms with van der Waals surface area (Å²) in [6.45, 7) is 8.71. The molecule has 1 amide bonds. The molecule has 3 aromatic rings. The predicted octanol–water partition coefficient (Wildman–Crippen LogP) is 4.16. The summed E-state index contributed by atoms with van der Waals surface area (Å²) in [5.74, 6) is 0.499. The smallest absolute Gasteiger partial charge is 0.266 e. The first-order valence-corrected chi connectivity index (χ1v) is 10.3. The van der Waals surface area contributed by atoms with E-state index >= 15 is 0 Å². The van der Waals surface area contributed by atoms with Crippen LogP contribution in [-0.4, -0.2) is 21.3 Å². The summed E-state index contributed by atoms with van der Waals surface area (Å²) in [6, 6.07) is 5.64. The third-order valence-corrected chi connectivity index (χ3v) is 6.51. The molecule has 0 saturated heterocycles. The average Bonchev–Trinajstić information content (AvgIpc) is 2.99. The van der Waals surface area contributed by atoms with Gasteiger partial charge in [-0.05, 0) is 55.2 Å². The largest absolute Gasteiger partial charge is 0.349 e. The molecule has 0 aliphatic heterocycles. The van der Waals surface area contributed by atoms with Gasteiger partial charge in [-0.3, -0.25) is 14.0 Å². The minimum absolute atomic E-state index is 0.0990. The van der Waals surface area contributed by atoms with E-state index in [9.17, 15) is 9.59 Å². The lowest BCUT2D eigenvalue weighted by Crippen LogP contribution is -2.42. The maximum absolute atomic E-state index is 12.8. The Bertz CT molecular complexity index is 1100. The summed E-state index contributed by atoms with van der Waals surface area (Å²) in [6.07, 6.45) is 4.90. The van der Waals surface area contributed by atoms with E-state index < -0.39 is 0 Å². The number of thiophene rings is 1. The van der Waals surface area contributed by atoms with Gasteiger partial charge < -0.3 is 5.32 Å². The van der Waals surface area contributed by atoms with Crippen LogP contribution in [0.25, 0.3) is 15.9 Å². The summed E-state index contributed by atoms with van der Waals surface area (Å²) in [4.78, 5) is 31.4. The van der Waals surface area contributed by atoms with Crippen molar-refractivity contribution in [1.29, 1.82) is 0 Å². The third-order valence-electron chi connectivity index (χ3n) is 5.48. The van der Waals surface area contributed by atoms with Crippen molar-refractivity contribution in [3.63, 3.8) is 0 Å². The fourth-order valence-electron chi connectivity index (χ4n) is 4.58. The first-order valence-electron chi connectivity index (χ1n) is 9.46. The van der Waals surface area contributed by atoms with E-state index in [2.05, 4.69) is 31.1 Å². The van der Waals surface area contributed by atoms with Gasteiger partial charge >= 0.3 is 0 Å². The van der Waals surface area contributed by atoms with Crippen molar-refractivity contribution in [2.45, 2.75) is 53.0 Å². The van der Waals surface area contributed by atoms with E-state index in [0.717, 1.165) is 18.4 Å². The quantitative estimate of drug-likeness (QED) is 0.723. The van der Waals surface area contributed by atoms with Gasteiger partial charge in [-0.1, -0.05) is 26.8 Å². The number of nitrogens with one attached hydrogen (secondary N) is 1. The van der Waals surface area contributed by atoms with Gasteiger partial charge in [0.2, 0.25) is 0 Å². The van der Waals surface area contributed by atoms with E-state index in [1.54, 1.807) is 16.7 Å². The minimum Gasteiger partial charge on any atom is -0.349 e. The molecule has 3 heterocycles. The molecule has 0 bridgehead atoms. The normalized spacial score (nSPS) is 22.2. The lowest BCUT2D eigenvalue weighted by molar-refractivity contribution is 0.0878. The Kier molecular flexibility index (Phi) is 4.34. The van der Waals surface area contributed by atoms with Crippen LogP contribution in [0.5, 0.6) is 0 Å². The zero-order valence-electron chi connectivity index (χ0n) is 16.2. The molecule has 142 valence electrons. The number of carbonyl (C=O) groups excluding carboxylic acids is 1. The molecule has 1 fully saturated rings. The van der Waals surface area contributed by atoms with Crippen molar-refractivity contribution in [2.24, 2.45) is 11.3 Å². The highest BCUT2D eigenvalue weighted by Crippen LogP contribution is 2.38. The fourth-order valence-corrected chi connectivity index (χ4v) is 5.51. The summed E-state index contributed by atoms with van der Waals surface area (Å²) >= 11 is 1.30. The number of aromatic nitrogens is 2. The van der Waals surface area contributed by atoms with Crippen LogP contribution in [0.1, 0.15) is 55.3 Å². The van der Waals surface area contributed by atoms with Crippen molar-refractivity contribution < 1.29 is 4.79 Å². The molecule has 4 rings (SSSR count). The third kappa shape index (κ3) is 3.38. The summed E-state index contributed by atoms with van der Waals surface area (Å²) < 4.78 is 1.55. The molecule has 6 heteroatoms. The fraction of sp³-hybridized carbons (Fsp3) is 0.476. The molecule has 1 aliphatic rings. The minimum atomic E-state index is -0.124. The molecular formula is C21H25N3O2S. The molecular weight excluding hydrogens is 358 g/mol. The zero-order valence-corrected chi connectivity index (χ0v) is 17.0. The number of nitrogens with zero attached hydrogens (tertiary/aromatic N) is 2. The van der Waals surface area contributed by atoms with Crippen LogP contribution in [0.4, 0.5) is 0 Å². The number of pyridine rings is 1. The van der Waals surface area contributed by atoms with Gasteiger partial charge in [-0.2, -0.15) is 0 Å². The molecule has 1 N–H and O–H groups in total. The number of amides is 1. The van der Waals surface area contributed by atoms with Crippen LogP contribution in [0.2, 0.25) is 0 Å². The second-order valence-electron chi connectivity index (χ2n) is 8.71. The van der Waals surface area contributed by atoms with Crippen LogP contribution in [-0.2, 0) is 0 Å². The molecule has 0 radical (unpaired) electrons. The van der Waals surface area contributed by atoms with E-state index in [1.165, 1.54) is 17.8 Å². The van der Waals surface area contributed by atoms with E-state index in [4.69, 9.17) is 0 Å². The van der Waals surface area contributed by atoms with Crippen LogP contribution in [0, 0.1) is 18.3 Å². The van der Waals surface area contributed by atoms with Crippen LogP contribution >= 0.6 is 11.3 Å². The van der Waals surface area contributed by atoms with Gasteiger partial charge in [0.15, 0.2) is 0 Å². The van der Waals surface area contributed by atoms with Crippen molar-refractivity contribution in [2.75, 3.05) is 0 Å². The second kappa shape index (κ2) is 6.44. The number of fused-ring (bicyclic) bond motifs is 2. The van der Waals surface area contributed by atoms with Crippen LogP contribution in [0.15, 0.2) is 29.2 Å². The highest BCUT2D eigenvalue weighted by Gasteiger charge is 2.33. The van der Waals surface area contributed by atoms with E-state index in [-0.39, 0.29) is 22.9 Å². The first-order chi connectivity index (χ1) is 12.7. The van der Waals surface area contributed by atoms with E-state index in [0.29, 0.717) is 26.7 Å². The summed E-state index contributed by atoms with van der Waals surface area (Å²) in [5.41, 5.74) is 1.70. The Hall–Kier alpha value is -2.21. The van der Waals surface area contributed by atoms with Gasteiger partial charge in [0.1, 0.15) is 10.5 Å². The Morgan fingerprint density at radius 2 is 2.15 bits per heavy atom. The van der Waals surface area contributed by atoms with Gasteiger partial charge in [-0.25, -0.2) is 4.98 Å². The first kappa shape index (κ1) is 18.2. The van der Waals surface area contributed by atoms with E-state index in [1.807, 2.05) is 19.1 Å². The second-order valence-corrected chi connectivity index (χ2v) is 9.75. The summed E-state index contributed by atoms with van der Waals surface area (Å²) in [7, 11) is 0. The van der Waals surface area contributed by atoms with Crippen LogP contribution in [0.3, 0.4) is 0 Å². The molecule has 1 aliphatic carbocycles. The molecule has 0 unspecified atom stereocenters. The van der Waals surface area contributed by atoms with Crippen molar-refractivity contribution in [3.8, 4) is 0 Å². The maximum Gasteiger partial charge on any atom is 0.266 e. The Morgan fingerprint density at radius 3 is 2.89 bits per heavy atom. The lowest BCUT2D eigenvalue weighted by atomic mass is 9.70. The van der Waals surface area contributed by atoms with Crippen LogP contribution < -0.4 is 10.9 Å². The van der Waals surface area contributed by atoms with Gasteiger partial charge in [0.05, 0.1) is 10.3 Å². The predicted molar refractivity (Wildman–Crippen MR) is 110 cm³/mol. The monoisotopic (exact) mass is 383 g/mol. The molecule has 0 spiro atoms. The van der Waals surface area contributed by atoms with Crippen molar-refractivity contribution in [1.82, 2.24) is 14.7 Å². The Balaban J connectivity index is 1.67. The number of rotatable bonds is 2. The van der Waals surface area contributed by atoms with Crippen molar-refractivity contribution in [3.05, 3.63) is 45.2 Å². The number of hydrogen-bond acceptors (Lipinski definition) is 4. The molecule has 27 heavy (non-hydrogen) atoms. The Morgan fingerprint density at radius 1 is 1.37 bits per heavy atom. The molecule has 1 saturated carbocycles. The Labute approximate surface area is 162 Å². The lowest BCUT2D eigenvalue weighted by Gasteiger charge is -2.39. The van der Waals surface area contributed by atoms with Gasteiger partial charge in [-0.15, -0.1) is 11.3 Å². The molecule has 5 nitrogen and oxygen atoms in total. The molecule has 0 aromatic carbocycles. The number of hydrogen-bond donors (Lipinski definition) is 1. The SMILES string of the molecule is Cc1cccn2c(=O)c3cc(C(=O)N[C@@H]4C[C@H](C)CC(C)(C)C4)sc3nc12. The van der Waals surface area contributed by atoms with Gasteiger partial charge in [0, 0.05) is 12.2 Å².